The number of nitrogens with zero attached hydrogens (tertiary/aromatic N) is 4. The van der Waals surface area contributed by atoms with Crippen LogP contribution in [0.1, 0.15) is 18.5 Å². The van der Waals surface area contributed by atoms with Gasteiger partial charge >= 0.3 is 6.18 Å². The first-order chi connectivity index (χ1) is 8.29. The Morgan fingerprint density at radius 2 is 2.00 bits per heavy atom. The topological polar surface area (TPSA) is 61.7 Å². The van der Waals surface area contributed by atoms with Crippen LogP contribution in [0.4, 0.5) is 19.1 Å². The summed E-state index contributed by atoms with van der Waals surface area (Å²) < 4.78 is 39.5. The van der Waals surface area contributed by atoms with E-state index in [-0.39, 0.29) is 18.9 Å². The molecule has 8 heteroatoms. The molecule has 0 amide bonds. The van der Waals surface area contributed by atoms with Gasteiger partial charge in [-0.05, 0) is 13.3 Å². The van der Waals surface area contributed by atoms with E-state index in [2.05, 4.69) is 10.1 Å². The molecular formula is C10H14F3N5. The zero-order valence-corrected chi connectivity index (χ0v) is 10.1. The number of aromatic nitrogens is 4. The molecule has 2 rings (SSSR count). The van der Waals surface area contributed by atoms with Crippen LogP contribution in [-0.4, -0.2) is 25.5 Å². The number of hydrogen-bond donors (Lipinski definition) is 1. The number of alkyl halides is 3. The molecule has 2 aromatic heterocycles. The van der Waals surface area contributed by atoms with E-state index in [1.165, 1.54) is 0 Å². The molecule has 0 bridgehead atoms. The maximum atomic E-state index is 12.1. The second kappa shape index (κ2) is 4.18. The van der Waals surface area contributed by atoms with Crippen molar-refractivity contribution >= 4 is 17.1 Å². The van der Waals surface area contributed by atoms with Crippen molar-refractivity contribution < 1.29 is 13.2 Å². The molecule has 0 spiro atoms. The largest absolute Gasteiger partial charge is 0.389 e. The lowest BCUT2D eigenvalue weighted by molar-refractivity contribution is -0.135. The summed E-state index contributed by atoms with van der Waals surface area (Å²) in [5.41, 5.74) is 7.73. The monoisotopic (exact) mass is 261 g/mol. The fourth-order valence-electron chi connectivity index (χ4n) is 2.01. The van der Waals surface area contributed by atoms with Crippen LogP contribution in [0.25, 0.3) is 11.2 Å². The summed E-state index contributed by atoms with van der Waals surface area (Å²) in [6.45, 7) is 1.97. The van der Waals surface area contributed by atoms with E-state index in [9.17, 15) is 13.2 Å². The van der Waals surface area contributed by atoms with Crippen LogP contribution in [0.15, 0.2) is 0 Å². The molecule has 100 valence electrons. The molecule has 2 heterocycles. The van der Waals surface area contributed by atoms with Gasteiger partial charge < -0.3 is 5.73 Å². The van der Waals surface area contributed by atoms with Crippen LogP contribution in [-0.2, 0) is 13.6 Å². The predicted octanol–water partition coefficient (Wildman–Crippen LogP) is 2.00. The molecule has 0 atom stereocenters. The molecule has 0 aliphatic carbocycles. The maximum absolute atomic E-state index is 12.1. The van der Waals surface area contributed by atoms with Gasteiger partial charge in [-0.2, -0.15) is 18.3 Å². The van der Waals surface area contributed by atoms with E-state index in [4.69, 9.17) is 5.73 Å². The lowest BCUT2D eigenvalue weighted by atomic mass is 10.3. The first-order valence-electron chi connectivity index (χ1n) is 5.51. The third kappa shape index (κ3) is 2.27. The van der Waals surface area contributed by atoms with Crippen molar-refractivity contribution in [3.63, 3.8) is 0 Å². The quantitative estimate of drug-likeness (QED) is 0.919. The summed E-state index contributed by atoms with van der Waals surface area (Å²) in [6.07, 6.45) is -5.00. The number of fused-ring (bicyclic) bond motifs is 1. The van der Waals surface area contributed by atoms with Crippen molar-refractivity contribution in [2.45, 2.75) is 32.5 Å². The van der Waals surface area contributed by atoms with Crippen LogP contribution in [0.2, 0.25) is 0 Å². The second-order valence-electron chi connectivity index (χ2n) is 4.22. The van der Waals surface area contributed by atoms with Gasteiger partial charge in [0.25, 0.3) is 0 Å². The number of halogens is 3. The lowest BCUT2D eigenvalue weighted by Gasteiger charge is -2.08. The number of hydrogen-bond acceptors (Lipinski definition) is 3. The smallest absolute Gasteiger partial charge is 0.369 e. The van der Waals surface area contributed by atoms with Gasteiger partial charge in [0.15, 0.2) is 5.65 Å². The molecule has 2 aromatic rings. The van der Waals surface area contributed by atoms with Gasteiger partial charge in [-0.25, -0.2) is 4.98 Å². The Bertz CT molecular complexity index is 566. The van der Waals surface area contributed by atoms with Crippen molar-refractivity contribution in [3.05, 3.63) is 5.69 Å². The molecule has 0 aliphatic rings. The molecule has 5 nitrogen and oxygen atoms in total. The first kappa shape index (κ1) is 12.7. The average Bonchev–Trinajstić information content (AvgIpc) is 2.66. The molecular weight excluding hydrogens is 247 g/mol. The summed E-state index contributed by atoms with van der Waals surface area (Å²) in [4.78, 5) is 4.12. The minimum Gasteiger partial charge on any atom is -0.369 e. The van der Waals surface area contributed by atoms with E-state index < -0.39 is 12.6 Å². The van der Waals surface area contributed by atoms with Crippen LogP contribution >= 0.6 is 0 Å². The van der Waals surface area contributed by atoms with Gasteiger partial charge in [0.05, 0.1) is 5.69 Å². The van der Waals surface area contributed by atoms with Crippen LogP contribution in [0.3, 0.4) is 0 Å². The Morgan fingerprint density at radius 3 is 2.61 bits per heavy atom. The van der Waals surface area contributed by atoms with E-state index in [0.717, 1.165) is 0 Å². The van der Waals surface area contributed by atoms with Gasteiger partial charge in [0, 0.05) is 20.0 Å². The number of anilines is 1. The van der Waals surface area contributed by atoms with Gasteiger partial charge in [-0.15, -0.1) is 0 Å². The Hall–Kier alpha value is -1.73. The Morgan fingerprint density at radius 1 is 1.33 bits per heavy atom. The van der Waals surface area contributed by atoms with E-state index in [1.807, 2.05) is 0 Å². The van der Waals surface area contributed by atoms with Crippen molar-refractivity contribution in [1.82, 2.24) is 19.3 Å². The number of aryl methyl sites for hydroxylation is 3. The van der Waals surface area contributed by atoms with E-state index >= 15 is 0 Å². The highest BCUT2D eigenvalue weighted by Gasteiger charge is 2.26. The highest BCUT2D eigenvalue weighted by Crippen LogP contribution is 2.24. The zero-order valence-electron chi connectivity index (χ0n) is 10.1. The lowest BCUT2D eigenvalue weighted by Crippen LogP contribution is -2.11. The van der Waals surface area contributed by atoms with Gasteiger partial charge in [0.1, 0.15) is 5.52 Å². The normalized spacial score (nSPS) is 12.5. The Labute approximate surface area is 101 Å². The summed E-state index contributed by atoms with van der Waals surface area (Å²) in [6, 6.07) is 0. The van der Waals surface area contributed by atoms with Gasteiger partial charge in [-0.3, -0.25) is 9.25 Å². The van der Waals surface area contributed by atoms with Gasteiger partial charge in [-0.1, -0.05) is 0 Å². The predicted molar refractivity (Wildman–Crippen MR) is 60.9 cm³/mol. The zero-order chi connectivity index (χ0) is 13.5. The fourth-order valence-corrected chi connectivity index (χ4v) is 2.01. The van der Waals surface area contributed by atoms with Crippen LogP contribution in [0.5, 0.6) is 0 Å². The standard InChI is InChI=1S/C10H14F3N5/c1-6-7-8(17(2)16-6)18(9(14)15-7)5-3-4-10(11,12)13/h3-5H2,1-2H3,(H2,14,15). The molecule has 0 aliphatic heterocycles. The molecule has 0 unspecified atom stereocenters. The molecule has 0 saturated heterocycles. The molecule has 2 N–H and O–H groups in total. The number of nitrogens with two attached hydrogens (primary N) is 1. The summed E-state index contributed by atoms with van der Waals surface area (Å²) in [5, 5.41) is 4.16. The summed E-state index contributed by atoms with van der Waals surface area (Å²) >= 11 is 0. The average molecular weight is 261 g/mol. The van der Waals surface area contributed by atoms with Crippen molar-refractivity contribution in [3.8, 4) is 0 Å². The summed E-state index contributed by atoms with van der Waals surface area (Å²) in [5.74, 6) is 0.225. The summed E-state index contributed by atoms with van der Waals surface area (Å²) in [7, 11) is 1.72. The number of imidazole rings is 1. The first-order valence-corrected chi connectivity index (χ1v) is 5.51. The van der Waals surface area contributed by atoms with E-state index in [0.29, 0.717) is 16.9 Å². The number of nitrogen functional groups attached to an aromatic ring is 1. The van der Waals surface area contributed by atoms with Crippen molar-refractivity contribution in [2.24, 2.45) is 7.05 Å². The minimum absolute atomic E-state index is 0.0244. The third-order valence-electron chi connectivity index (χ3n) is 2.76. The van der Waals surface area contributed by atoms with Crippen LogP contribution in [0, 0.1) is 6.92 Å². The van der Waals surface area contributed by atoms with Crippen LogP contribution < -0.4 is 5.73 Å². The minimum atomic E-state index is -4.14. The fraction of sp³-hybridized carbons (Fsp3) is 0.600. The molecule has 0 fully saturated rings. The highest BCUT2D eigenvalue weighted by molar-refractivity contribution is 5.77. The SMILES string of the molecule is Cc1nn(C)c2c1nc(N)n2CCCC(F)(F)F. The molecule has 0 radical (unpaired) electrons. The highest BCUT2D eigenvalue weighted by atomic mass is 19.4. The maximum Gasteiger partial charge on any atom is 0.389 e. The second-order valence-corrected chi connectivity index (χ2v) is 4.22. The van der Waals surface area contributed by atoms with Crippen molar-refractivity contribution in [2.75, 3.05) is 5.73 Å². The molecule has 18 heavy (non-hydrogen) atoms. The van der Waals surface area contributed by atoms with Gasteiger partial charge in [0.2, 0.25) is 5.95 Å². The van der Waals surface area contributed by atoms with Crippen molar-refractivity contribution in [1.29, 1.82) is 0 Å². The third-order valence-corrected chi connectivity index (χ3v) is 2.76. The Kier molecular flexibility index (Phi) is 2.95. The molecule has 0 aromatic carbocycles. The molecule has 0 saturated carbocycles. The Balaban J connectivity index is 2.25. The van der Waals surface area contributed by atoms with E-state index in [1.54, 1.807) is 23.2 Å². The number of rotatable bonds is 3.